The van der Waals surface area contributed by atoms with Crippen LogP contribution in [0.15, 0.2) is 120 Å². The number of nitro benzene ring substituents is 1. The number of carbonyl (C=O) groups excluding carboxylic acids is 1. The number of carbonyl (C=O) groups is 1. The zero-order chi connectivity index (χ0) is 32.5. The summed E-state index contributed by atoms with van der Waals surface area (Å²) in [7, 11) is -3.82. The number of rotatable bonds is 9. The van der Waals surface area contributed by atoms with Gasteiger partial charge in [0.15, 0.2) is 11.5 Å². The van der Waals surface area contributed by atoms with Crippen LogP contribution in [0.1, 0.15) is 10.4 Å². The number of thiophene rings is 1. The van der Waals surface area contributed by atoms with Crippen molar-refractivity contribution in [2.75, 3.05) is 16.0 Å². The highest BCUT2D eigenvalue weighted by Crippen LogP contribution is 2.32. The predicted molar refractivity (Wildman–Crippen MR) is 180 cm³/mol. The number of fused-ring (bicyclic) bond motifs is 2. The van der Waals surface area contributed by atoms with Crippen molar-refractivity contribution in [3.8, 4) is 0 Å². The molecule has 0 aliphatic rings. The molecular weight excluding hydrogens is 641 g/mol. The first-order valence-corrected chi connectivity index (χ1v) is 16.3. The fraction of sp³-hybridized carbons (Fsp3) is 0. The lowest BCUT2D eigenvalue weighted by molar-refractivity contribution is -0.384. The number of nitro groups is 1. The van der Waals surface area contributed by atoms with Crippen LogP contribution in [0.3, 0.4) is 0 Å². The SMILES string of the molecule is O=C(Nc1cccc(Nc2nc(Nc3cnc4c(ccn4S(=O)(=O)c4ccccc4)c3)c3sccc3n2)c1)c1ccc([N+](=O)[O-])cc1. The van der Waals surface area contributed by atoms with Crippen LogP contribution >= 0.6 is 11.3 Å². The van der Waals surface area contributed by atoms with Crippen LogP contribution in [0.4, 0.5) is 34.5 Å². The zero-order valence-electron chi connectivity index (χ0n) is 24.1. The normalized spacial score (nSPS) is 11.4. The molecule has 47 heavy (non-hydrogen) atoms. The third-order valence-electron chi connectivity index (χ3n) is 7.08. The summed E-state index contributed by atoms with van der Waals surface area (Å²) in [6.45, 7) is 0. The van der Waals surface area contributed by atoms with E-state index < -0.39 is 20.9 Å². The van der Waals surface area contributed by atoms with E-state index in [4.69, 9.17) is 4.98 Å². The Labute approximate surface area is 270 Å². The van der Waals surface area contributed by atoms with Crippen molar-refractivity contribution in [3.05, 3.63) is 131 Å². The van der Waals surface area contributed by atoms with E-state index in [0.717, 1.165) is 8.67 Å². The molecule has 0 spiro atoms. The minimum Gasteiger partial charge on any atom is -0.338 e. The standard InChI is InChI=1S/C32H22N8O5S2/c41-31(20-9-11-25(12-10-20)40(42)43)35-22-5-4-6-23(18-22)36-32-37-27-14-16-46-28(27)29(38-32)34-24-17-21-13-15-39(30(21)33-19-24)47(44,45)26-7-2-1-3-8-26/h1-19H,(H,35,41)(H2,34,36,37,38). The van der Waals surface area contributed by atoms with Crippen molar-refractivity contribution in [1.29, 1.82) is 0 Å². The molecule has 0 aliphatic heterocycles. The Kier molecular flexibility index (Phi) is 7.51. The number of benzene rings is 3. The molecule has 13 nitrogen and oxygen atoms in total. The van der Waals surface area contributed by atoms with Gasteiger partial charge in [-0.15, -0.1) is 11.3 Å². The summed E-state index contributed by atoms with van der Waals surface area (Å²) in [5.41, 5.74) is 2.87. The topological polar surface area (TPSA) is 174 Å². The van der Waals surface area contributed by atoms with Gasteiger partial charge in [0.1, 0.15) is 0 Å². The molecule has 0 saturated heterocycles. The summed E-state index contributed by atoms with van der Waals surface area (Å²) in [5.74, 6) is 0.400. The van der Waals surface area contributed by atoms with Gasteiger partial charge in [-0.2, -0.15) is 4.98 Å². The summed E-state index contributed by atoms with van der Waals surface area (Å²) >= 11 is 1.46. The van der Waals surface area contributed by atoms with Gasteiger partial charge in [0, 0.05) is 40.7 Å². The number of non-ortho nitro benzene ring substituents is 1. The Balaban J connectivity index is 1.12. The van der Waals surface area contributed by atoms with Crippen molar-refractivity contribution in [1.82, 2.24) is 18.9 Å². The van der Waals surface area contributed by atoms with Gasteiger partial charge in [0.2, 0.25) is 5.95 Å². The van der Waals surface area contributed by atoms with E-state index >= 15 is 0 Å². The molecule has 0 atom stereocenters. The van der Waals surface area contributed by atoms with Gasteiger partial charge in [0.05, 0.1) is 31.9 Å². The van der Waals surface area contributed by atoms with Crippen molar-refractivity contribution in [2.24, 2.45) is 0 Å². The number of aromatic nitrogens is 4. The minimum atomic E-state index is -3.82. The van der Waals surface area contributed by atoms with Gasteiger partial charge in [-0.05, 0) is 66.0 Å². The fourth-order valence-corrected chi connectivity index (χ4v) is 6.96. The number of nitrogens with zero attached hydrogens (tertiary/aromatic N) is 5. The first kappa shape index (κ1) is 29.5. The van der Waals surface area contributed by atoms with Crippen molar-refractivity contribution < 1.29 is 18.1 Å². The van der Waals surface area contributed by atoms with Crippen LogP contribution in [0.5, 0.6) is 0 Å². The molecule has 3 aromatic carbocycles. The molecule has 0 bridgehead atoms. The molecule has 1 amide bonds. The molecule has 4 heterocycles. The number of nitrogens with one attached hydrogen (secondary N) is 3. The summed E-state index contributed by atoms with van der Waals surface area (Å²) in [5, 5.41) is 22.7. The van der Waals surface area contributed by atoms with Crippen LogP contribution in [-0.2, 0) is 10.0 Å². The van der Waals surface area contributed by atoms with E-state index in [0.29, 0.717) is 45.4 Å². The third kappa shape index (κ3) is 5.95. The zero-order valence-corrected chi connectivity index (χ0v) is 25.7. The molecular formula is C32H22N8O5S2. The minimum absolute atomic E-state index is 0.102. The second-order valence-corrected chi connectivity index (χ2v) is 12.9. The van der Waals surface area contributed by atoms with E-state index in [-0.39, 0.29) is 16.1 Å². The van der Waals surface area contributed by atoms with Crippen molar-refractivity contribution in [2.45, 2.75) is 4.90 Å². The number of pyridine rings is 1. The first-order chi connectivity index (χ1) is 22.7. The van der Waals surface area contributed by atoms with Crippen LogP contribution in [0, 0.1) is 10.1 Å². The number of hydrogen-bond acceptors (Lipinski definition) is 11. The second kappa shape index (κ2) is 12.0. The van der Waals surface area contributed by atoms with Crippen LogP contribution < -0.4 is 16.0 Å². The molecule has 0 fully saturated rings. The molecule has 0 aliphatic carbocycles. The third-order valence-corrected chi connectivity index (χ3v) is 9.67. The summed E-state index contributed by atoms with van der Waals surface area (Å²) in [6.07, 6.45) is 3.03. The summed E-state index contributed by atoms with van der Waals surface area (Å²) < 4.78 is 28.4. The summed E-state index contributed by atoms with van der Waals surface area (Å²) in [6, 6.07) is 25.8. The number of hydrogen-bond donors (Lipinski definition) is 3. The molecule has 7 rings (SSSR count). The lowest BCUT2D eigenvalue weighted by Gasteiger charge is -2.12. The Morgan fingerprint density at radius 1 is 0.851 bits per heavy atom. The maximum Gasteiger partial charge on any atom is 0.269 e. The highest BCUT2D eigenvalue weighted by molar-refractivity contribution is 7.90. The first-order valence-electron chi connectivity index (χ1n) is 14.0. The molecule has 4 aromatic heterocycles. The molecule has 0 saturated carbocycles. The molecule has 3 N–H and O–H groups in total. The van der Waals surface area contributed by atoms with Gasteiger partial charge < -0.3 is 16.0 Å². The fourth-order valence-electron chi connectivity index (χ4n) is 4.85. The maximum atomic E-state index is 13.2. The Morgan fingerprint density at radius 3 is 2.43 bits per heavy atom. The van der Waals surface area contributed by atoms with Crippen LogP contribution in [0.2, 0.25) is 0 Å². The second-order valence-electron chi connectivity index (χ2n) is 10.2. The number of amides is 1. The van der Waals surface area contributed by atoms with Gasteiger partial charge in [-0.1, -0.05) is 24.3 Å². The lowest BCUT2D eigenvalue weighted by Crippen LogP contribution is -2.12. The number of anilines is 5. The van der Waals surface area contributed by atoms with Crippen LogP contribution in [-0.4, -0.2) is 38.2 Å². The molecule has 7 aromatic rings. The van der Waals surface area contributed by atoms with E-state index in [1.165, 1.54) is 53.9 Å². The molecule has 232 valence electrons. The van der Waals surface area contributed by atoms with Crippen molar-refractivity contribution >= 4 is 83.0 Å². The highest BCUT2D eigenvalue weighted by atomic mass is 32.2. The van der Waals surface area contributed by atoms with E-state index in [1.54, 1.807) is 60.8 Å². The van der Waals surface area contributed by atoms with Crippen LogP contribution in [0.25, 0.3) is 21.3 Å². The monoisotopic (exact) mass is 662 g/mol. The van der Waals surface area contributed by atoms with Gasteiger partial charge in [-0.25, -0.2) is 22.4 Å². The quantitative estimate of drug-likeness (QED) is 0.109. The predicted octanol–water partition coefficient (Wildman–Crippen LogP) is 6.93. The lowest BCUT2D eigenvalue weighted by atomic mass is 10.2. The van der Waals surface area contributed by atoms with Gasteiger partial charge >= 0.3 is 0 Å². The van der Waals surface area contributed by atoms with Crippen molar-refractivity contribution in [3.63, 3.8) is 0 Å². The Hall–Kier alpha value is -6.19. The molecule has 15 heteroatoms. The van der Waals surface area contributed by atoms with Gasteiger partial charge in [-0.3, -0.25) is 14.9 Å². The molecule has 0 radical (unpaired) electrons. The van der Waals surface area contributed by atoms with E-state index in [2.05, 4.69) is 25.9 Å². The average molecular weight is 663 g/mol. The Bertz CT molecular complexity index is 2410. The molecule has 0 unspecified atom stereocenters. The van der Waals surface area contributed by atoms with E-state index in [9.17, 15) is 23.3 Å². The van der Waals surface area contributed by atoms with Gasteiger partial charge in [0.25, 0.3) is 21.6 Å². The maximum absolute atomic E-state index is 13.2. The summed E-state index contributed by atoms with van der Waals surface area (Å²) in [4.78, 5) is 37.1. The largest absolute Gasteiger partial charge is 0.338 e. The smallest absolute Gasteiger partial charge is 0.269 e. The van der Waals surface area contributed by atoms with E-state index in [1.807, 2.05) is 11.4 Å². The highest BCUT2D eigenvalue weighted by Gasteiger charge is 2.20. The average Bonchev–Trinajstić information content (AvgIpc) is 3.73. The Morgan fingerprint density at radius 2 is 1.64 bits per heavy atom.